The second-order valence-corrected chi connectivity index (χ2v) is 4.60. The van der Waals surface area contributed by atoms with E-state index in [1.54, 1.807) is 12.3 Å². The number of carboxylic acid groups (broad SMARTS) is 1. The first-order valence-corrected chi connectivity index (χ1v) is 7.02. The van der Waals surface area contributed by atoms with Crippen molar-refractivity contribution >= 4 is 11.7 Å². The Morgan fingerprint density at radius 1 is 1.14 bits per heavy atom. The zero-order chi connectivity index (χ0) is 15.6. The zero-order valence-corrected chi connectivity index (χ0v) is 12.1. The van der Waals surface area contributed by atoms with Gasteiger partial charge in [-0.15, -0.1) is 5.10 Å². The zero-order valence-electron chi connectivity index (χ0n) is 12.1. The normalized spacial score (nSPS) is 11.2. The van der Waals surface area contributed by atoms with Crippen LogP contribution in [0.1, 0.15) is 30.5 Å². The van der Waals surface area contributed by atoms with Crippen LogP contribution in [-0.2, 0) is 9.63 Å². The van der Waals surface area contributed by atoms with Gasteiger partial charge in [0.1, 0.15) is 18.0 Å². The van der Waals surface area contributed by atoms with Crippen LogP contribution in [0.3, 0.4) is 0 Å². The molecule has 1 N–H and O–H groups in total. The Hall–Kier alpha value is -2.76. The summed E-state index contributed by atoms with van der Waals surface area (Å²) >= 11 is 0. The SMILES string of the molecule is O=C(O)CCCCO/N=C(/c1ccccc1)c1cccnn1. The summed E-state index contributed by atoms with van der Waals surface area (Å²) in [4.78, 5) is 15.7. The van der Waals surface area contributed by atoms with Gasteiger partial charge in [-0.2, -0.15) is 5.10 Å². The number of benzene rings is 1. The Labute approximate surface area is 128 Å². The van der Waals surface area contributed by atoms with Gasteiger partial charge in [-0.25, -0.2) is 0 Å². The van der Waals surface area contributed by atoms with E-state index < -0.39 is 5.97 Å². The molecule has 6 heteroatoms. The minimum atomic E-state index is -0.798. The predicted octanol–water partition coefficient (Wildman–Crippen LogP) is 2.50. The van der Waals surface area contributed by atoms with Crippen molar-refractivity contribution in [1.29, 1.82) is 0 Å². The molecular weight excluding hydrogens is 282 g/mol. The van der Waals surface area contributed by atoms with Crippen molar-refractivity contribution in [1.82, 2.24) is 10.2 Å². The molecule has 0 radical (unpaired) electrons. The smallest absolute Gasteiger partial charge is 0.303 e. The van der Waals surface area contributed by atoms with Crippen LogP contribution in [0.2, 0.25) is 0 Å². The van der Waals surface area contributed by atoms with Crippen molar-refractivity contribution in [2.24, 2.45) is 5.16 Å². The molecule has 0 aliphatic rings. The standard InChI is InChI=1S/C16H17N3O3/c20-15(21)10-4-5-12-22-19-16(13-7-2-1-3-8-13)14-9-6-11-17-18-14/h1-3,6-9,11H,4-5,10,12H2,(H,20,21)/b19-16-. The predicted molar refractivity (Wildman–Crippen MR) is 81.6 cm³/mol. The van der Waals surface area contributed by atoms with E-state index in [0.717, 1.165) is 5.56 Å². The first-order valence-electron chi connectivity index (χ1n) is 7.02. The first-order chi connectivity index (χ1) is 10.8. The molecule has 0 bridgehead atoms. The number of hydrogen-bond donors (Lipinski definition) is 1. The van der Waals surface area contributed by atoms with Crippen molar-refractivity contribution in [3.63, 3.8) is 0 Å². The molecule has 0 saturated carbocycles. The lowest BCUT2D eigenvalue weighted by atomic mass is 10.1. The van der Waals surface area contributed by atoms with Gasteiger partial charge in [-0.05, 0) is 25.0 Å². The summed E-state index contributed by atoms with van der Waals surface area (Å²) < 4.78 is 0. The summed E-state index contributed by atoms with van der Waals surface area (Å²) in [6.45, 7) is 0.365. The second-order valence-electron chi connectivity index (χ2n) is 4.60. The van der Waals surface area contributed by atoms with E-state index in [9.17, 15) is 4.79 Å². The van der Waals surface area contributed by atoms with E-state index in [-0.39, 0.29) is 6.42 Å². The van der Waals surface area contributed by atoms with Crippen LogP contribution in [0.5, 0.6) is 0 Å². The summed E-state index contributed by atoms with van der Waals surface area (Å²) in [6.07, 6.45) is 2.94. The average Bonchev–Trinajstić information content (AvgIpc) is 2.55. The van der Waals surface area contributed by atoms with Gasteiger partial charge in [0.25, 0.3) is 0 Å². The molecule has 114 valence electrons. The highest BCUT2D eigenvalue weighted by Crippen LogP contribution is 2.09. The molecule has 1 aromatic carbocycles. The largest absolute Gasteiger partial charge is 0.481 e. The van der Waals surface area contributed by atoms with Crippen LogP contribution in [0.15, 0.2) is 53.8 Å². The van der Waals surface area contributed by atoms with Gasteiger partial charge >= 0.3 is 5.97 Å². The van der Waals surface area contributed by atoms with E-state index in [0.29, 0.717) is 30.9 Å². The molecule has 1 heterocycles. The number of nitrogens with zero attached hydrogens (tertiary/aromatic N) is 3. The molecule has 0 unspecified atom stereocenters. The lowest BCUT2D eigenvalue weighted by Gasteiger charge is -2.06. The van der Waals surface area contributed by atoms with Crippen LogP contribution in [0, 0.1) is 0 Å². The van der Waals surface area contributed by atoms with Crippen LogP contribution in [0.25, 0.3) is 0 Å². The van der Waals surface area contributed by atoms with Gasteiger partial charge in [-0.3, -0.25) is 4.79 Å². The Balaban J connectivity index is 2.02. The number of aliphatic carboxylic acids is 1. The third kappa shape index (κ3) is 4.97. The van der Waals surface area contributed by atoms with Gasteiger partial charge in [-0.1, -0.05) is 35.5 Å². The van der Waals surface area contributed by atoms with Crippen LogP contribution >= 0.6 is 0 Å². The van der Waals surface area contributed by atoms with E-state index >= 15 is 0 Å². The lowest BCUT2D eigenvalue weighted by Crippen LogP contribution is -2.08. The molecule has 2 aromatic rings. The van der Waals surface area contributed by atoms with E-state index in [1.807, 2.05) is 36.4 Å². The maximum Gasteiger partial charge on any atom is 0.303 e. The summed E-state index contributed by atoms with van der Waals surface area (Å²) in [5.74, 6) is -0.798. The molecule has 22 heavy (non-hydrogen) atoms. The molecule has 0 spiro atoms. The molecule has 2 rings (SSSR count). The van der Waals surface area contributed by atoms with Gasteiger partial charge in [0, 0.05) is 18.2 Å². The number of hydrogen-bond acceptors (Lipinski definition) is 5. The maximum absolute atomic E-state index is 10.4. The van der Waals surface area contributed by atoms with E-state index in [1.165, 1.54) is 0 Å². The van der Waals surface area contributed by atoms with Gasteiger partial charge < -0.3 is 9.94 Å². The third-order valence-electron chi connectivity index (χ3n) is 2.89. The molecular formula is C16H17N3O3. The van der Waals surface area contributed by atoms with Crippen LogP contribution in [0.4, 0.5) is 0 Å². The molecule has 1 aromatic heterocycles. The first kappa shape index (κ1) is 15.6. The number of carbonyl (C=O) groups is 1. The number of unbranched alkanes of at least 4 members (excludes halogenated alkanes) is 1. The van der Waals surface area contributed by atoms with Gasteiger partial charge in [0.15, 0.2) is 0 Å². The Morgan fingerprint density at radius 3 is 2.64 bits per heavy atom. The molecule has 0 aliphatic heterocycles. The maximum atomic E-state index is 10.4. The molecule has 0 fully saturated rings. The summed E-state index contributed by atoms with van der Waals surface area (Å²) in [6, 6.07) is 13.2. The average molecular weight is 299 g/mol. The molecule has 0 amide bonds. The molecule has 0 atom stereocenters. The fraction of sp³-hybridized carbons (Fsp3) is 0.250. The Bertz CT molecular complexity index is 574. The van der Waals surface area contributed by atoms with Crippen molar-refractivity contribution in [2.75, 3.05) is 6.61 Å². The number of rotatable bonds is 8. The molecule has 0 aliphatic carbocycles. The fourth-order valence-corrected chi connectivity index (χ4v) is 1.82. The lowest BCUT2D eigenvalue weighted by molar-refractivity contribution is -0.137. The minimum Gasteiger partial charge on any atom is -0.481 e. The number of carboxylic acids is 1. The van der Waals surface area contributed by atoms with E-state index in [4.69, 9.17) is 9.94 Å². The van der Waals surface area contributed by atoms with Gasteiger partial charge in [0.05, 0.1) is 0 Å². The highest BCUT2D eigenvalue weighted by molar-refractivity contribution is 6.11. The summed E-state index contributed by atoms with van der Waals surface area (Å²) in [5, 5.41) is 20.6. The van der Waals surface area contributed by atoms with Crippen LogP contribution < -0.4 is 0 Å². The Morgan fingerprint density at radius 2 is 1.95 bits per heavy atom. The van der Waals surface area contributed by atoms with Crippen molar-refractivity contribution in [3.8, 4) is 0 Å². The molecule has 6 nitrogen and oxygen atoms in total. The Kier molecular flexibility index (Phi) is 6.04. The van der Waals surface area contributed by atoms with Crippen molar-refractivity contribution in [2.45, 2.75) is 19.3 Å². The number of aromatic nitrogens is 2. The summed E-state index contributed by atoms with van der Waals surface area (Å²) in [7, 11) is 0. The topological polar surface area (TPSA) is 84.7 Å². The van der Waals surface area contributed by atoms with E-state index in [2.05, 4.69) is 15.4 Å². The minimum absolute atomic E-state index is 0.142. The highest BCUT2D eigenvalue weighted by Gasteiger charge is 2.09. The van der Waals surface area contributed by atoms with Crippen molar-refractivity contribution < 1.29 is 14.7 Å². The van der Waals surface area contributed by atoms with Crippen LogP contribution in [-0.4, -0.2) is 33.6 Å². The highest BCUT2D eigenvalue weighted by atomic mass is 16.6. The monoisotopic (exact) mass is 299 g/mol. The molecule has 0 saturated heterocycles. The van der Waals surface area contributed by atoms with Crippen molar-refractivity contribution in [3.05, 3.63) is 59.9 Å². The fourth-order valence-electron chi connectivity index (χ4n) is 1.82. The second kappa shape index (κ2) is 8.51. The third-order valence-corrected chi connectivity index (χ3v) is 2.89. The summed E-state index contributed by atoms with van der Waals surface area (Å²) in [5.41, 5.74) is 2.11. The van der Waals surface area contributed by atoms with Gasteiger partial charge in [0.2, 0.25) is 0 Å². The quantitative estimate of drug-likeness (QED) is 0.460. The number of oxime groups is 1.